The van der Waals surface area contributed by atoms with Crippen LogP contribution in [0, 0.1) is 46.5 Å². The number of hydrogen-bond acceptors (Lipinski definition) is 0. The molecule has 0 amide bonds. The van der Waals surface area contributed by atoms with Crippen molar-refractivity contribution in [2.75, 3.05) is 12.6 Å². The molecule has 0 fully saturated rings. The smallest absolute Gasteiger partial charge is 0.200 e. The molecule has 2 aromatic carbocycles. The third kappa shape index (κ3) is 4.69. The van der Waals surface area contributed by atoms with Crippen molar-refractivity contribution in [3.05, 3.63) is 58.7 Å². The van der Waals surface area contributed by atoms with Crippen LogP contribution in [0.5, 0.6) is 0 Å². The SMILES string of the molecule is CCCPCF.Fc1ccc(-c2c(F)c(F)c(F)c(F)c2F)c(F)c1F. The van der Waals surface area contributed by atoms with E-state index in [2.05, 4.69) is 6.92 Å². The van der Waals surface area contributed by atoms with E-state index in [-0.39, 0.29) is 6.42 Å². The van der Waals surface area contributed by atoms with Gasteiger partial charge in [-0.3, -0.25) is 0 Å². The Kier molecular flexibility index (Phi) is 8.40. The van der Waals surface area contributed by atoms with Crippen molar-refractivity contribution in [3.8, 4) is 11.1 Å². The second kappa shape index (κ2) is 9.80. The fourth-order valence-corrected chi connectivity index (χ4v) is 2.29. The van der Waals surface area contributed by atoms with E-state index in [9.17, 15) is 39.5 Å². The Balaban J connectivity index is 0.000000487. The first-order chi connectivity index (χ1) is 12.2. The van der Waals surface area contributed by atoms with Crippen molar-refractivity contribution in [2.45, 2.75) is 13.3 Å². The van der Waals surface area contributed by atoms with Crippen LogP contribution in [0.1, 0.15) is 13.3 Å². The normalized spacial score (nSPS) is 11.0. The van der Waals surface area contributed by atoms with Crippen LogP contribution < -0.4 is 0 Å². The number of halogens is 9. The lowest BCUT2D eigenvalue weighted by molar-refractivity contribution is 0.380. The van der Waals surface area contributed by atoms with Gasteiger partial charge >= 0.3 is 0 Å². The summed E-state index contributed by atoms with van der Waals surface area (Å²) in [5, 5.41) is 0. The summed E-state index contributed by atoms with van der Waals surface area (Å²) in [5.41, 5.74) is -2.95. The topological polar surface area (TPSA) is 0 Å². The van der Waals surface area contributed by atoms with Gasteiger partial charge in [-0.1, -0.05) is 21.9 Å². The van der Waals surface area contributed by atoms with E-state index >= 15 is 0 Å². The minimum absolute atomic E-state index is 0.117. The molecule has 144 valence electrons. The van der Waals surface area contributed by atoms with E-state index in [4.69, 9.17) is 0 Å². The summed E-state index contributed by atoms with van der Waals surface area (Å²) in [6.45, 7) is 2.07. The van der Waals surface area contributed by atoms with Gasteiger partial charge < -0.3 is 0 Å². The highest BCUT2D eigenvalue weighted by atomic mass is 31.1. The Morgan fingerprint density at radius 1 is 0.692 bits per heavy atom. The van der Waals surface area contributed by atoms with Gasteiger partial charge in [0.05, 0.1) is 5.56 Å². The van der Waals surface area contributed by atoms with Crippen LogP contribution in [0.4, 0.5) is 39.5 Å². The Labute approximate surface area is 144 Å². The van der Waals surface area contributed by atoms with Gasteiger partial charge in [-0.25, -0.2) is 39.5 Å². The van der Waals surface area contributed by atoms with Crippen molar-refractivity contribution in [1.82, 2.24) is 0 Å². The molecule has 0 aliphatic rings. The second-order valence-electron chi connectivity index (χ2n) is 4.80. The lowest BCUT2D eigenvalue weighted by Crippen LogP contribution is -2.06. The van der Waals surface area contributed by atoms with Crippen molar-refractivity contribution in [1.29, 1.82) is 0 Å². The molecule has 0 aliphatic carbocycles. The van der Waals surface area contributed by atoms with Gasteiger partial charge in [-0.15, -0.1) is 0 Å². The summed E-state index contributed by atoms with van der Waals surface area (Å²) in [6.07, 6.45) is 2.08. The van der Waals surface area contributed by atoms with Gasteiger partial charge in [0.15, 0.2) is 40.7 Å². The lowest BCUT2D eigenvalue weighted by Gasteiger charge is -2.09. The van der Waals surface area contributed by atoms with Crippen LogP contribution in [0.3, 0.4) is 0 Å². The van der Waals surface area contributed by atoms with Crippen LogP contribution in [0.15, 0.2) is 12.1 Å². The second-order valence-corrected chi connectivity index (χ2v) is 6.07. The molecule has 0 saturated heterocycles. The molecule has 1 unspecified atom stereocenters. The van der Waals surface area contributed by atoms with Gasteiger partial charge in [0.25, 0.3) is 0 Å². The maximum Gasteiger partial charge on any atom is 0.200 e. The van der Waals surface area contributed by atoms with Gasteiger partial charge in [0.1, 0.15) is 6.42 Å². The summed E-state index contributed by atoms with van der Waals surface area (Å²) >= 11 is 0. The summed E-state index contributed by atoms with van der Waals surface area (Å²) in [6, 6.07) is 0.665. The zero-order chi connectivity index (χ0) is 20.0. The molecule has 2 aromatic rings. The fourth-order valence-electron chi connectivity index (χ4n) is 1.80. The standard InChI is InChI=1S/C12H2F8.C4H10FP/c13-4-2-1-3(6(14)7(4)15)5-8(16)10(18)12(20)11(19)9(5)17;1-2-3-6-4-5/h1-2H;6H,2-4H2,1H3. The summed E-state index contributed by atoms with van der Waals surface area (Å²) in [4.78, 5) is 0. The van der Waals surface area contributed by atoms with E-state index in [1.54, 1.807) is 0 Å². The molecular formula is C16H12F9P. The molecular weight excluding hydrogens is 394 g/mol. The first kappa shape index (κ1) is 22.3. The minimum atomic E-state index is -2.44. The highest BCUT2D eigenvalue weighted by Gasteiger charge is 2.29. The monoisotopic (exact) mass is 406 g/mol. The Bertz CT molecular complexity index is 744. The molecule has 2 rings (SSSR count). The number of hydrogen-bond donors (Lipinski definition) is 0. The number of rotatable bonds is 4. The Hall–Kier alpha value is -1.76. The number of alkyl halides is 1. The average Bonchev–Trinajstić information content (AvgIpc) is 2.63. The van der Waals surface area contributed by atoms with Crippen molar-refractivity contribution in [2.24, 2.45) is 0 Å². The fraction of sp³-hybridized carbons (Fsp3) is 0.250. The molecule has 0 bridgehead atoms. The van der Waals surface area contributed by atoms with Crippen LogP contribution in [0.2, 0.25) is 0 Å². The molecule has 0 aliphatic heterocycles. The first-order valence-electron chi connectivity index (χ1n) is 7.10. The molecule has 0 nitrogen and oxygen atoms in total. The zero-order valence-corrected chi connectivity index (χ0v) is 14.2. The lowest BCUT2D eigenvalue weighted by atomic mass is 10.0. The van der Waals surface area contributed by atoms with Crippen molar-refractivity contribution >= 4 is 8.58 Å². The van der Waals surface area contributed by atoms with Gasteiger partial charge in [-0.05, 0) is 18.3 Å². The van der Waals surface area contributed by atoms with Gasteiger partial charge in [0, 0.05) is 5.56 Å². The molecule has 0 saturated carbocycles. The predicted octanol–water partition coefficient (Wildman–Crippen LogP) is 6.47. The Morgan fingerprint density at radius 3 is 1.62 bits per heavy atom. The third-order valence-corrected chi connectivity index (χ3v) is 4.08. The minimum Gasteiger partial charge on any atom is -0.246 e. The summed E-state index contributed by atoms with van der Waals surface area (Å²) in [7, 11) is 0.548. The first-order valence-corrected chi connectivity index (χ1v) is 8.52. The Morgan fingerprint density at radius 2 is 1.19 bits per heavy atom. The van der Waals surface area contributed by atoms with Crippen LogP contribution in [-0.4, -0.2) is 12.6 Å². The highest BCUT2D eigenvalue weighted by Crippen LogP contribution is 2.34. The third-order valence-electron chi connectivity index (χ3n) is 3.04. The number of benzene rings is 2. The maximum atomic E-state index is 13.4. The van der Waals surface area contributed by atoms with E-state index in [1.807, 2.05) is 0 Å². The van der Waals surface area contributed by atoms with Crippen LogP contribution >= 0.6 is 8.58 Å². The zero-order valence-electron chi connectivity index (χ0n) is 13.2. The van der Waals surface area contributed by atoms with E-state index in [0.717, 1.165) is 12.6 Å². The predicted molar refractivity (Wildman–Crippen MR) is 81.0 cm³/mol. The summed E-state index contributed by atoms with van der Waals surface area (Å²) < 4.78 is 116. The molecule has 10 heteroatoms. The largest absolute Gasteiger partial charge is 0.246 e. The molecule has 26 heavy (non-hydrogen) atoms. The molecule has 0 aromatic heterocycles. The van der Waals surface area contributed by atoms with E-state index in [0.29, 0.717) is 20.7 Å². The summed E-state index contributed by atoms with van der Waals surface area (Å²) in [5.74, 6) is -17.6. The molecule has 0 spiro atoms. The maximum absolute atomic E-state index is 13.4. The van der Waals surface area contributed by atoms with Crippen LogP contribution in [-0.2, 0) is 0 Å². The highest BCUT2D eigenvalue weighted by molar-refractivity contribution is 7.37. The molecule has 0 radical (unpaired) electrons. The molecule has 1 atom stereocenters. The van der Waals surface area contributed by atoms with Crippen molar-refractivity contribution in [3.63, 3.8) is 0 Å². The van der Waals surface area contributed by atoms with E-state index < -0.39 is 57.7 Å². The average molecular weight is 406 g/mol. The van der Waals surface area contributed by atoms with Crippen LogP contribution in [0.25, 0.3) is 11.1 Å². The molecule has 0 heterocycles. The van der Waals surface area contributed by atoms with Gasteiger partial charge in [-0.2, -0.15) is 0 Å². The van der Waals surface area contributed by atoms with Gasteiger partial charge in [0.2, 0.25) is 5.82 Å². The van der Waals surface area contributed by atoms with E-state index in [1.165, 1.54) is 0 Å². The quantitative estimate of drug-likeness (QED) is 0.180. The molecule has 0 N–H and O–H groups in total. The van der Waals surface area contributed by atoms with Crippen molar-refractivity contribution < 1.29 is 39.5 Å².